The summed E-state index contributed by atoms with van der Waals surface area (Å²) in [5.74, 6) is -0.114. The summed E-state index contributed by atoms with van der Waals surface area (Å²) in [6.45, 7) is 1.88. The van der Waals surface area contributed by atoms with E-state index >= 15 is 0 Å². The fourth-order valence-electron chi connectivity index (χ4n) is 2.04. The Morgan fingerprint density at radius 3 is 2.86 bits per heavy atom. The van der Waals surface area contributed by atoms with Crippen LogP contribution in [0.1, 0.15) is 5.56 Å². The number of nitrogen functional groups attached to an aromatic ring is 1. The van der Waals surface area contributed by atoms with Gasteiger partial charge < -0.3 is 5.73 Å². The van der Waals surface area contributed by atoms with Crippen molar-refractivity contribution in [3.63, 3.8) is 0 Å². The fourth-order valence-corrected chi connectivity index (χ4v) is 2.21. The molecule has 5 nitrogen and oxygen atoms in total. The number of nitrogens with zero attached hydrogens (tertiary/aromatic N) is 4. The second kappa shape index (κ2) is 5.14. The molecule has 1 heterocycles. The van der Waals surface area contributed by atoms with E-state index in [0.29, 0.717) is 22.1 Å². The summed E-state index contributed by atoms with van der Waals surface area (Å²) in [5.41, 5.74) is 8.32. The van der Waals surface area contributed by atoms with Crippen molar-refractivity contribution in [2.24, 2.45) is 0 Å². The average Bonchev–Trinajstić information content (AvgIpc) is 2.93. The summed E-state index contributed by atoms with van der Waals surface area (Å²) < 4.78 is 15.3. The maximum Gasteiger partial charge on any atom is 0.189 e. The number of rotatable bonds is 2. The van der Waals surface area contributed by atoms with Crippen molar-refractivity contribution < 1.29 is 4.39 Å². The molecule has 0 saturated heterocycles. The molecule has 0 spiro atoms. The number of aryl methyl sites for hydroxylation is 1. The smallest absolute Gasteiger partial charge is 0.189 e. The van der Waals surface area contributed by atoms with E-state index in [1.807, 2.05) is 19.1 Å². The molecule has 2 aromatic carbocycles. The normalized spacial score (nSPS) is 10.8. The Morgan fingerprint density at radius 2 is 2.05 bits per heavy atom. The summed E-state index contributed by atoms with van der Waals surface area (Å²) in [7, 11) is 0. The zero-order chi connectivity index (χ0) is 15.0. The first kappa shape index (κ1) is 13.5. The standard InChI is InChI=1S/C14H11ClFN5/c1-8-3-2-4-10(13(8)17)14-18-19-20-21(14)12-7-9(15)5-6-11(12)16/h2-7H,17H2,1H3. The van der Waals surface area contributed by atoms with Gasteiger partial charge in [-0.25, -0.2) is 4.39 Å². The number of nitrogens with two attached hydrogens (primary N) is 1. The van der Waals surface area contributed by atoms with Gasteiger partial charge in [-0.15, -0.1) is 5.10 Å². The van der Waals surface area contributed by atoms with E-state index in [0.717, 1.165) is 5.56 Å². The molecule has 0 amide bonds. The fraction of sp³-hybridized carbons (Fsp3) is 0.0714. The molecular weight excluding hydrogens is 293 g/mol. The number of halogens is 2. The van der Waals surface area contributed by atoms with Crippen molar-refractivity contribution >= 4 is 17.3 Å². The molecule has 0 radical (unpaired) electrons. The third-order valence-electron chi connectivity index (χ3n) is 3.17. The van der Waals surface area contributed by atoms with Crippen molar-refractivity contribution in [2.75, 3.05) is 5.73 Å². The summed E-state index contributed by atoms with van der Waals surface area (Å²) >= 11 is 5.92. The molecule has 0 fully saturated rings. The minimum absolute atomic E-state index is 0.170. The maximum absolute atomic E-state index is 14.0. The van der Waals surface area contributed by atoms with Crippen LogP contribution in [-0.2, 0) is 0 Å². The Hall–Kier alpha value is -2.47. The van der Waals surface area contributed by atoms with Crippen LogP contribution >= 0.6 is 11.6 Å². The van der Waals surface area contributed by atoms with E-state index in [2.05, 4.69) is 15.5 Å². The van der Waals surface area contributed by atoms with Crippen molar-refractivity contribution in [3.8, 4) is 17.1 Å². The first-order chi connectivity index (χ1) is 10.1. The van der Waals surface area contributed by atoms with Gasteiger partial charge in [0.25, 0.3) is 0 Å². The third-order valence-corrected chi connectivity index (χ3v) is 3.41. The van der Waals surface area contributed by atoms with Crippen LogP contribution in [0.15, 0.2) is 36.4 Å². The molecule has 21 heavy (non-hydrogen) atoms. The highest BCUT2D eigenvalue weighted by molar-refractivity contribution is 6.30. The van der Waals surface area contributed by atoms with E-state index in [4.69, 9.17) is 17.3 Å². The Kier molecular flexibility index (Phi) is 3.31. The van der Waals surface area contributed by atoms with Gasteiger partial charge in [-0.1, -0.05) is 23.7 Å². The quantitative estimate of drug-likeness (QED) is 0.739. The highest BCUT2D eigenvalue weighted by atomic mass is 35.5. The Balaban J connectivity index is 2.22. The number of benzene rings is 2. The number of aromatic nitrogens is 4. The van der Waals surface area contributed by atoms with Gasteiger partial charge in [-0.05, 0) is 47.2 Å². The second-order valence-electron chi connectivity index (χ2n) is 4.55. The zero-order valence-electron chi connectivity index (χ0n) is 11.1. The van der Waals surface area contributed by atoms with Crippen LogP contribution in [0, 0.1) is 12.7 Å². The van der Waals surface area contributed by atoms with Crippen LogP contribution < -0.4 is 5.73 Å². The molecule has 0 bridgehead atoms. The zero-order valence-corrected chi connectivity index (χ0v) is 11.8. The number of tetrazole rings is 1. The van der Waals surface area contributed by atoms with Crippen LogP contribution in [0.4, 0.5) is 10.1 Å². The van der Waals surface area contributed by atoms with E-state index in [1.165, 1.54) is 22.9 Å². The number of anilines is 1. The topological polar surface area (TPSA) is 69.6 Å². The lowest BCUT2D eigenvalue weighted by Gasteiger charge is -2.09. The van der Waals surface area contributed by atoms with Gasteiger partial charge in [0.05, 0.1) is 0 Å². The Labute approximate surface area is 125 Å². The highest BCUT2D eigenvalue weighted by Gasteiger charge is 2.17. The molecule has 3 rings (SSSR count). The minimum Gasteiger partial charge on any atom is -0.398 e. The SMILES string of the molecule is Cc1cccc(-c2nnnn2-c2cc(Cl)ccc2F)c1N. The van der Waals surface area contributed by atoms with Crippen molar-refractivity contribution in [2.45, 2.75) is 6.92 Å². The van der Waals surface area contributed by atoms with Crippen molar-refractivity contribution in [3.05, 3.63) is 52.8 Å². The van der Waals surface area contributed by atoms with Crippen molar-refractivity contribution in [1.29, 1.82) is 0 Å². The highest BCUT2D eigenvalue weighted by Crippen LogP contribution is 2.29. The van der Waals surface area contributed by atoms with Gasteiger partial charge in [0, 0.05) is 16.3 Å². The molecule has 0 aliphatic rings. The van der Waals surface area contributed by atoms with Crippen LogP contribution in [0.2, 0.25) is 5.02 Å². The van der Waals surface area contributed by atoms with E-state index in [9.17, 15) is 4.39 Å². The average molecular weight is 304 g/mol. The summed E-state index contributed by atoms with van der Waals surface area (Å²) in [4.78, 5) is 0. The molecule has 3 aromatic rings. The minimum atomic E-state index is -0.473. The van der Waals surface area contributed by atoms with Gasteiger partial charge in [-0.3, -0.25) is 0 Å². The van der Waals surface area contributed by atoms with Crippen LogP contribution in [0.3, 0.4) is 0 Å². The Morgan fingerprint density at radius 1 is 1.24 bits per heavy atom. The number of hydrogen-bond donors (Lipinski definition) is 1. The second-order valence-corrected chi connectivity index (χ2v) is 4.98. The first-order valence-corrected chi connectivity index (χ1v) is 6.55. The predicted molar refractivity (Wildman–Crippen MR) is 78.7 cm³/mol. The molecular formula is C14H11ClFN5. The van der Waals surface area contributed by atoms with Crippen LogP contribution in [0.25, 0.3) is 17.1 Å². The molecule has 1 aromatic heterocycles. The molecule has 2 N–H and O–H groups in total. The van der Waals surface area contributed by atoms with Gasteiger partial charge in [0.2, 0.25) is 0 Å². The molecule has 0 aliphatic heterocycles. The molecule has 7 heteroatoms. The largest absolute Gasteiger partial charge is 0.398 e. The van der Waals surface area contributed by atoms with Gasteiger partial charge in [0.1, 0.15) is 11.5 Å². The predicted octanol–water partition coefficient (Wildman–Crippen LogP) is 3.01. The number of para-hydroxylation sites is 1. The number of hydrogen-bond acceptors (Lipinski definition) is 4. The monoisotopic (exact) mass is 303 g/mol. The van der Waals surface area contributed by atoms with Gasteiger partial charge in [-0.2, -0.15) is 4.68 Å². The lowest BCUT2D eigenvalue weighted by molar-refractivity contribution is 0.608. The van der Waals surface area contributed by atoms with E-state index in [-0.39, 0.29) is 5.69 Å². The van der Waals surface area contributed by atoms with Gasteiger partial charge >= 0.3 is 0 Å². The summed E-state index contributed by atoms with van der Waals surface area (Å²) in [6, 6.07) is 9.70. The Bertz CT molecular complexity index is 798. The van der Waals surface area contributed by atoms with E-state index in [1.54, 1.807) is 6.07 Å². The lowest BCUT2D eigenvalue weighted by atomic mass is 10.1. The molecule has 0 saturated carbocycles. The molecule has 0 aliphatic carbocycles. The summed E-state index contributed by atoms with van der Waals surface area (Å²) in [5, 5.41) is 11.8. The molecule has 0 unspecified atom stereocenters. The lowest BCUT2D eigenvalue weighted by Crippen LogP contribution is -2.04. The van der Waals surface area contributed by atoms with E-state index < -0.39 is 5.82 Å². The molecule has 106 valence electrons. The first-order valence-electron chi connectivity index (χ1n) is 6.17. The third kappa shape index (κ3) is 2.34. The summed E-state index contributed by atoms with van der Waals surface area (Å²) in [6.07, 6.45) is 0. The van der Waals surface area contributed by atoms with Gasteiger partial charge in [0.15, 0.2) is 5.82 Å². The van der Waals surface area contributed by atoms with Crippen molar-refractivity contribution in [1.82, 2.24) is 20.2 Å². The van der Waals surface area contributed by atoms with Crippen LogP contribution in [-0.4, -0.2) is 20.2 Å². The van der Waals surface area contributed by atoms with Crippen LogP contribution in [0.5, 0.6) is 0 Å². The molecule has 0 atom stereocenters. The maximum atomic E-state index is 14.0.